The zero-order valence-corrected chi connectivity index (χ0v) is 20.1. The van der Waals surface area contributed by atoms with E-state index in [1.54, 1.807) is 0 Å². The fourth-order valence-corrected chi connectivity index (χ4v) is 4.83. The Morgan fingerprint density at radius 1 is 0.971 bits per heavy atom. The minimum atomic E-state index is -0.287. The van der Waals surface area contributed by atoms with Crippen LogP contribution in [0.2, 0.25) is 0 Å². The topological polar surface area (TPSA) is 63.1 Å². The number of nitrogens with one attached hydrogen (secondary N) is 1. The first-order chi connectivity index (χ1) is 16.6. The van der Waals surface area contributed by atoms with Crippen LogP contribution in [0.3, 0.4) is 0 Å². The lowest BCUT2D eigenvalue weighted by Gasteiger charge is -2.28. The molecule has 3 heterocycles. The van der Waals surface area contributed by atoms with Crippen LogP contribution in [0.25, 0.3) is 16.7 Å². The Bertz CT molecular complexity index is 1340. The van der Waals surface area contributed by atoms with E-state index in [2.05, 4.69) is 53.8 Å². The van der Waals surface area contributed by atoms with Gasteiger partial charge in [0.2, 0.25) is 5.82 Å². The van der Waals surface area contributed by atoms with Gasteiger partial charge in [-0.3, -0.25) is 9.36 Å². The molecule has 0 spiro atoms. The predicted octanol–water partition coefficient (Wildman–Crippen LogP) is 5.84. The van der Waals surface area contributed by atoms with Gasteiger partial charge in [-0.05, 0) is 74.9 Å². The number of hydrogen-bond acceptors (Lipinski definition) is 4. The molecule has 34 heavy (non-hydrogen) atoms. The van der Waals surface area contributed by atoms with Crippen LogP contribution in [0.5, 0.6) is 0 Å². The standard InChI is InChI=1S/C28H31N5O/c1-4-21-12-11-13-22(18-21)29-28(34)25-30-26(32-16-9-6-10-17-32)24-19(2)20(3)33(27(24)31-25)23-14-7-5-8-15-23/h5,7-8,11-15,18H,4,6,9-10,16-17H2,1-3H3,(H,29,34). The monoisotopic (exact) mass is 453 g/mol. The van der Waals surface area contributed by atoms with Crippen LogP contribution in [-0.2, 0) is 6.42 Å². The molecule has 0 aliphatic carbocycles. The maximum atomic E-state index is 13.4. The first-order valence-corrected chi connectivity index (χ1v) is 12.2. The number of hydrogen-bond donors (Lipinski definition) is 1. The van der Waals surface area contributed by atoms with E-state index < -0.39 is 0 Å². The van der Waals surface area contributed by atoms with Gasteiger partial charge in [-0.25, -0.2) is 9.97 Å². The van der Waals surface area contributed by atoms with Gasteiger partial charge in [-0.15, -0.1) is 0 Å². The minimum Gasteiger partial charge on any atom is -0.356 e. The molecule has 0 atom stereocenters. The lowest BCUT2D eigenvalue weighted by Crippen LogP contribution is -2.31. The molecular formula is C28H31N5O. The van der Waals surface area contributed by atoms with Gasteiger partial charge in [0.1, 0.15) is 5.82 Å². The van der Waals surface area contributed by atoms with Crippen molar-refractivity contribution in [3.63, 3.8) is 0 Å². The van der Waals surface area contributed by atoms with Crippen molar-refractivity contribution in [2.45, 2.75) is 46.5 Å². The van der Waals surface area contributed by atoms with Crippen LogP contribution >= 0.6 is 0 Å². The Labute approximate surface area is 200 Å². The lowest BCUT2D eigenvalue weighted by molar-refractivity contribution is 0.101. The summed E-state index contributed by atoms with van der Waals surface area (Å²) in [7, 11) is 0. The molecule has 0 bridgehead atoms. The third-order valence-electron chi connectivity index (χ3n) is 6.80. The largest absolute Gasteiger partial charge is 0.356 e. The number of aromatic nitrogens is 3. The van der Waals surface area contributed by atoms with Crippen molar-refractivity contribution >= 4 is 28.4 Å². The maximum Gasteiger partial charge on any atom is 0.293 e. The highest BCUT2D eigenvalue weighted by molar-refractivity contribution is 6.04. The Morgan fingerprint density at radius 2 is 1.74 bits per heavy atom. The Morgan fingerprint density at radius 3 is 2.47 bits per heavy atom. The van der Waals surface area contributed by atoms with Gasteiger partial charge < -0.3 is 10.2 Å². The smallest absolute Gasteiger partial charge is 0.293 e. The quantitative estimate of drug-likeness (QED) is 0.412. The molecule has 1 aliphatic rings. The second-order valence-corrected chi connectivity index (χ2v) is 9.01. The van der Waals surface area contributed by atoms with E-state index in [-0.39, 0.29) is 11.7 Å². The van der Waals surface area contributed by atoms with Crippen LogP contribution < -0.4 is 10.2 Å². The van der Waals surface area contributed by atoms with Crippen molar-refractivity contribution in [1.29, 1.82) is 0 Å². The second kappa shape index (κ2) is 9.29. The summed E-state index contributed by atoms with van der Waals surface area (Å²) in [6.07, 6.45) is 4.41. The average Bonchev–Trinajstić information content (AvgIpc) is 3.14. The average molecular weight is 454 g/mol. The third kappa shape index (κ3) is 4.04. The van der Waals surface area contributed by atoms with E-state index >= 15 is 0 Å². The summed E-state index contributed by atoms with van der Waals surface area (Å²) in [6, 6.07) is 18.1. The van der Waals surface area contributed by atoms with Gasteiger partial charge in [0.25, 0.3) is 5.91 Å². The van der Waals surface area contributed by atoms with Crippen molar-refractivity contribution in [3.8, 4) is 5.69 Å². The van der Waals surface area contributed by atoms with E-state index in [0.29, 0.717) is 0 Å². The van der Waals surface area contributed by atoms with Crippen LogP contribution in [0, 0.1) is 13.8 Å². The molecule has 0 saturated carbocycles. The van der Waals surface area contributed by atoms with Crippen LogP contribution in [-0.4, -0.2) is 33.5 Å². The number of fused-ring (bicyclic) bond motifs is 1. The van der Waals surface area contributed by atoms with Crippen LogP contribution in [0.1, 0.15) is 53.6 Å². The fraction of sp³-hybridized carbons (Fsp3) is 0.321. The number of anilines is 2. The molecule has 6 heteroatoms. The lowest BCUT2D eigenvalue weighted by atomic mass is 10.1. The molecule has 1 amide bonds. The Kier molecular flexibility index (Phi) is 6.05. The van der Waals surface area contributed by atoms with Crippen LogP contribution in [0.4, 0.5) is 11.5 Å². The number of rotatable bonds is 5. The fourth-order valence-electron chi connectivity index (χ4n) is 4.83. The number of benzene rings is 2. The highest BCUT2D eigenvalue weighted by Crippen LogP contribution is 2.34. The molecule has 2 aromatic heterocycles. The first kappa shape index (κ1) is 22.1. The summed E-state index contributed by atoms with van der Waals surface area (Å²) in [6.45, 7) is 8.23. The van der Waals surface area contributed by atoms with Gasteiger partial charge >= 0.3 is 0 Å². The molecule has 5 rings (SSSR count). The number of nitrogens with zero attached hydrogens (tertiary/aromatic N) is 4. The molecule has 1 saturated heterocycles. The van der Waals surface area contributed by atoms with Crippen molar-refractivity contribution < 1.29 is 4.79 Å². The first-order valence-electron chi connectivity index (χ1n) is 12.2. The second-order valence-electron chi connectivity index (χ2n) is 9.01. The summed E-state index contributed by atoms with van der Waals surface area (Å²) in [5, 5.41) is 4.05. The molecule has 1 N–H and O–H groups in total. The number of para-hydroxylation sites is 1. The summed E-state index contributed by atoms with van der Waals surface area (Å²) < 4.78 is 2.15. The third-order valence-corrected chi connectivity index (χ3v) is 6.80. The molecule has 6 nitrogen and oxygen atoms in total. The van der Waals surface area contributed by atoms with Crippen molar-refractivity contribution in [1.82, 2.24) is 14.5 Å². The van der Waals surface area contributed by atoms with Gasteiger partial charge in [-0.2, -0.15) is 0 Å². The number of piperidine rings is 1. The SMILES string of the molecule is CCc1cccc(NC(=O)c2nc(N3CCCCC3)c3c(C)c(C)n(-c4ccccc4)c3n2)c1. The van der Waals surface area contributed by atoms with E-state index in [1.807, 2.05) is 36.4 Å². The normalized spacial score (nSPS) is 13.9. The predicted molar refractivity (Wildman–Crippen MR) is 138 cm³/mol. The Balaban J connectivity index is 1.67. The van der Waals surface area contributed by atoms with Gasteiger partial charge in [0.05, 0.1) is 5.39 Å². The van der Waals surface area contributed by atoms with Crippen molar-refractivity contribution in [2.24, 2.45) is 0 Å². The zero-order valence-electron chi connectivity index (χ0n) is 20.1. The molecule has 1 fully saturated rings. The molecule has 4 aromatic rings. The van der Waals surface area contributed by atoms with E-state index in [4.69, 9.17) is 9.97 Å². The molecule has 0 unspecified atom stereocenters. The molecule has 0 radical (unpaired) electrons. The molecule has 1 aliphatic heterocycles. The summed E-state index contributed by atoms with van der Waals surface area (Å²) in [5.74, 6) is 0.779. The number of carbonyl (C=O) groups excluding carboxylic acids is 1. The zero-order chi connectivity index (χ0) is 23.7. The minimum absolute atomic E-state index is 0.199. The van der Waals surface area contributed by atoms with Gasteiger partial charge in [0.15, 0.2) is 5.65 Å². The number of aryl methyl sites for hydroxylation is 2. The highest BCUT2D eigenvalue weighted by Gasteiger charge is 2.25. The van der Waals surface area contributed by atoms with E-state index in [1.165, 1.54) is 12.0 Å². The van der Waals surface area contributed by atoms with Crippen molar-refractivity contribution in [2.75, 3.05) is 23.3 Å². The molecule has 2 aromatic carbocycles. The number of carbonyl (C=O) groups is 1. The number of amides is 1. The summed E-state index contributed by atoms with van der Waals surface area (Å²) in [5.41, 5.74) is 6.02. The Hall–Kier alpha value is -3.67. The van der Waals surface area contributed by atoms with Crippen molar-refractivity contribution in [3.05, 3.63) is 77.2 Å². The maximum absolute atomic E-state index is 13.4. The van der Waals surface area contributed by atoms with Gasteiger partial charge in [-0.1, -0.05) is 37.3 Å². The van der Waals surface area contributed by atoms with Gasteiger partial charge in [0, 0.05) is 30.2 Å². The van der Waals surface area contributed by atoms with Crippen LogP contribution in [0.15, 0.2) is 54.6 Å². The molecular weight excluding hydrogens is 422 g/mol. The summed E-state index contributed by atoms with van der Waals surface area (Å²) in [4.78, 5) is 25.4. The van der Waals surface area contributed by atoms with E-state index in [9.17, 15) is 4.79 Å². The highest BCUT2D eigenvalue weighted by atomic mass is 16.2. The van der Waals surface area contributed by atoms with E-state index in [0.717, 1.165) is 71.8 Å². The summed E-state index contributed by atoms with van der Waals surface area (Å²) >= 11 is 0. The molecule has 174 valence electrons.